The highest BCUT2D eigenvalue weighted by Crippen LogP contribution is 2.37. The number of carbonyl (C=O) groups excluding carboxylic acids is 1. The van der Waals surface area contributed by atoms with E-state index in [2.05, 4.69) is 10.1 Å². The predicted octanol–water partition coefficient (Wildman–Crippen LogP) is 2.59. The molecule has 0 radical (unpaired) electrons. The van der Waals surface area contributed by atoms with Crippen molar-refractivity contribution in [3.8, 4) is 5.75 Å². The van der Waals surface area contributed by atoms with Gasteiger partial charge in [-0.05, 0) is 25.0 Å². The first-order chi connectivity index (χ1) is 11.2. The summed E-state index contributed by atoms with van der Waals surface area (Å²) in [4.78, 5) is 20.1. The summed E-state index contributed by atoms with van der Waals surface area (Å²) in [5, 5.41) is 3.99. The van der Waals surface area contributed by atoms with Crippen LogP contribution >= 0.6 is 11.8 Å². The second-order valence-corrected chi connectivity index (χ2v) is 6.79. The first-order valence-corrected chi connectivity index (χ1v) is 8.70. The van der Waals surface area contributed by atoms with Gasteiger partial charge in [-0.2, -0.15) is 4.98 Å². The first kappa shape index (κ1) is 14.6. The molecule has 120 valence electrons. The summed E-state index contributed by atoms with van der Waals surface area (Å²) in [5.41, 5.74) is 0. The van der Waals surface area contributed by atoms with Crippen LogP contribution in [0.15, 0.2) is 33.7 Å². The van der Waals surface area contributed by atoms with E-state index in [1.165, 1.54) is 0 Å². The maximum atomic E-state index is 12.9. The number of para-hydroxylation sites is 1. The predicted molar refractivity (Wildman–Crippen MR) is 84.3 cm³/mol. The number of hydrogen-bond donors (Lipinski definition) is 0. The van der Waals surface area contributed by atoms with Crippen molar-refractivity contribution in [2.45, 2.75) is 36.8 Å². The third kappa shape index (κ3) is 2.69. The molecule has 1 aromatic heterocycles. The van der Waals surface area contributed by atoms with Crippen LogP contribution in [0, 0.1) is 6.92 Å². The number of likely N-dealkylation sites (tertiary alicyclic amines) is 1. The lowest BCUT2D eigenvalue weighted by Gasteiger charge is -2.30. The zero-order chi connectivity index (χ0) is 15.8. The van der Waals surface area contributed by atoms with Crippen LogP contribution in [0.1, 0.15) is 30.6 Å². The summed E-state index contributed by atoms with van der Waals surface area (Å²) >= 11 is 1.66. The molecule has 2 atom stereocenters. The number of thioether (sulfide) groups is 1. The van der Waals surface area contributed by atoms with Gasteiger partial charge in [0.05, 0.1) is 6.04 Å². The number of aromatic nitrogens is 2. The highest BCUT2D eigenvalue weighted by atomic mass is 32.2. The number of nitrogens with zero attached hydrogens (tertiary/aromatic N) is 3. The van der Waals surface area contributed by atoms with E-state index in [0.717, 1.165) is 23.5 Å². The fraction of sp³-hybridized carbons (Fsp3) is 0.438. The van der Waals surface area contributed by atoms with Gasteiger partial charge in [-0.3, -0.25) is 4.79 Å². The molecule has 23 heavy (non-hydrogen) atoms. The highest BCUT2D eigenvalue weighted by Gasteiger charge is 2.38. The lowest BCUT2D eigenvalue weighted by molar-refractivity contribution is -0.139. The molecule has 0 unspecified atom stereocenters. The Morgan fingerprint density at radius 3 is 3.09 bits per heavy atom. The molecule has 2 aliphatic heterocycles. The van der Waals surface area contributed by atoms with Crippen LogP contribution in [0.4, 0.5) is 0 Å². The molecule has 1 aromatic carbocycles. The lowest BCUT2D eigenvalue weighted by Crippen LogP contribution is -2.44. The zero-order valence-corrected chi connectivity index (χ0v) is 13.6. The van der Waals surface area contributed by atoms with E-state index in [0.29, 0.717) is 24.0 Å². The quantitative estimate of drug-likeness (QED) is 0.842. The number of benzene rings is 1. The minimum Gasteiger partial charge on any atom is -0.479 e. The summed E-state index contributed by atoms with van der Waals surface area (Å²) in [7, 11) is 0. The Morgan fingerprint density at radius 2 is 2.26 bits per heavy atom. The van der Waals surface area contributed by atoms with Gasteiger partial charge < -0.3 is 14.2 Å². The van der Waals surface area contributed by atoms with Gasteiger partial charge >= 0.3 is 0 Å². The molecule has 0 aliphatic carbocycles. The molecule has 0 bridgehead atoms. The molecule has 3 heterocycles. The van der Waals surface area contributed by atoms with Crippen LogP contribution in [0.3, 0.4) is 0 Å². The second kappa shape index (κ2) is 5.88. The van der Waals surface area contributed by atoms with Gasteiger partial charge in [0.25, 0.3) is 5.91 Å². The van der Waals surface area contributed by atoms with E-state index in [9.17, 15) is 4.79 Å². The molecule has 2 aromatic rings. The number of aryl methyl sites for hydroxylation is 1. The van der Waals surface area contributed by atoms with Gasteiger partial charge in [-0.15, -0.1) is 11.8 Å². The smallest absolute Gasteiger partial charge is 0.265 e. The molecule has 2 aliphatic rings. The summed E-state index contributed by atoms with van der Waals surface area (Å²) in [6.07, 6.45) is 1.35. The Balaban J connectivity index is 1.52. The monoisotopic (exact) mass is 331 g/mol. The van der Waals surface area contributed by atoms with E-state index in [1.54, 1.807) is 18.7 Å². The SMILES string of the molecule is Cc1nc([C@@H]2CCCN2C(=O)[C@H]2CSc3ccccc3O2)no1. The number of ether oxygens (including phenoxy) is 1. The minimum atomic E-state index is -0.455. The normalized spacial score (nSPS) is 23.4. The largest absolute Gasteiger partial charge is 0.479 e. The number of rotatable bonds is 2. The number of carbonyl (C=O) groups is 1. The molecule has 0 N–H and O–H groups in total. The van der Waals surface area contributed by atoms with Crippen molar-refractivity contribution < 1.29 is 14.1 Å². The Kier molecular flexibility index (Phi) is 3.72. The molecule has 6 nitrogen and oxygen atoms in total. The van der Waals surface area contributed by atoms with Crippen LogP contribution in [-0.2, 0) is 4.79 Å². The molecule has 1 amide bonds. The van der Waals surface area contributed by atoms with Gasteiger partial charge in [0.15, 0.2) is 11.9 Å². The summed E-state index contributed by atoms with van der Waals surface area (Å²) in [6.45, 7) is 2.47. The van der Waals surface area contributed by atoms with Crippen molar-refractivity contribution >= 4 is 17.7 Å². The fourth-order valence-electron chi connectivity index (χ4n) is 3.08. The standard InChI is InChI=1S/C16H17N3O3S/c1-10-17-15(18-22-10)11-5-4-8-19(11)16(20)13-9-23-14-7-3-2-6-12(14)21-13/h2-3,6-7,11,13H,4-5,8-9H2,1H3/t11-,13+/m0/s1. The van der Waals surface area contributed by atoms with Crippen LogP contribution in [0.5, 0.6) is 5.75 Å². The Hall–Kier alpha value is -2.02. The lowest BCUT2D eigenvalue weighted by atomic mass is 10.2. The molecule has 1 saturated heterocycles. The number of hydrogen-bond acceptors (Lipinski definition) is 6. The average Bonchev–Trinajstić information content (AvgIpc) is 3.22. The topological polar surface area (TPSA) is 68.5 Å². The van der Waals surface area contributed by atoms with Crippen molar-refractivity contribution in [3.63, 3.8) is 0 Å². The van der Waals surface area contributed by atoms with E-state index < -0.39 is 6.10 Å². The molecule has 7 heteroatoms. The van der Waals surface area contributed by atoms with E-state index in [1.807, 2.05) is 29.2 Å². The van der Waals surface area contributed by atoms with Gasteiger partial charge in [0, 0.05) is 24.1 Å². The third-order valence-electron chi connectivity index (χ3n) is 4.16. The van der Waals surface area contributed by atoms with Gasteiger partial charge in [-0.25, -0.2) is 0 Å². The maximum Gasteiger partial charge on any atom is 0.265 e. The summed E-state index contributed by atoms with van der Waals surface area (Å²) in [5.74, 6) is 2.55. The fourth-order valence-corrected chi connectivity index (χ4v) is 4.05. The number of amides is 1. The van der Waals surface area contributed by atoms with E-state index in [4.69, 9.17) is 9.26 Å². The van der Waals surface area contributed by atoms with E-state index >= 15 is 0 Å². The second-order valence-electron chi connectivity index (χ2n) is 5.73. The van der Waals surface area contributed by atoms with Crippen molar-refractivity contribution in [2.75, 3.05) is 12.3 Å². The van der Waals surface area contributed by atoms with Crippen LogP contribution in [0.2, 0.25) is 0 Å². The Bertz CT molecular complexity index is 733. The highest BCUT2D eigenvalue weighted by molar-refractivity contribution is 7.99. The minimum absolute atomic E-state index is 0.0111. The average molecular weight is 331 g/mol. The zero-order valence-electron chi connectivity index (χ0n) is 12.8. The summed E-state index contributed by atoms with van der Waals surface area (Å²) < 4.78 is 11.0. The molecular weight excluding hydrogens is 314 g/mol. The van der Waals surface area contributed by atoms with Gasteiger partial charge in [-0.1, -0.05) is 17.3 Å². The maximum absolute atomic E-state index is 12.9. The van der Waals surface area contributed by atoms with E-state index in [-0.39, 0.29) is 11.9 Å². The van der Waals surface area contributed by atoms with Crippen LogP contribution in [0.25, 0.3) is 0 Å². The third-order valence-corrected chi connectivity index (χ3v) is 5.28. The molecule has 4 rings (SSSR count). The molecule has 1 fully saturated rings. The van der Waals surface area contributed by atoms with Gasteiger partial charge in [0.2, 0.25) is 5.89 Å². The molecular formula is C16H17N3O3S. The molecule has 0 saturated carbocycles. The van der Waals surface area contributed by atoms with Crippen molar-refractivity contribution in [2.24, 2.45) is 0 Å². The summed E-state index contributed by atoms with van der Waals surface area (Å²) in [6, 6.07) is 7.72. The Morgan fingerprint density at radius 1 is 1.39 bits per heavy atom. The molecule has 0 spiro atoms. The van der Waals surface area contributed by atoms with Crippen molar-refractivity contribution in [1.82, 2.24) is 15.0 Å². The van der Waals surface area contributed by atoms with Crippen LogP contribution in [-0.4, -0.2) is 39.3 Å². The van der Waals surface area contributed by atoms with Crippen molar-refractivity contribution in [3.05, 3.63) is 36.0 Å². The first-order valence-electron chi connectivity index (χ1n) is 7.71. The van der Waals surface area contributed by atoms with Gasteiger partial charge in [0.1, 0.15) is 5.75 Å². The van der Waals surface area contributed by atoms with Crippen LogP contribution < -0.4 is 4.74 Å². The number of fused-ring (bicyclic) bond motifs is 1. The van der Waals surface area contributed by atoms with Crippen molar-refractivity contribution in [1.29, 1.82) is 0 Å². The Labute approximate surface area is 138 Å².